The SMILES string of the molecule is N#Cc1cc2n(n1)CCCN(C(=O)c1ccoc1)C2. The molecule has 1 aliphatic heterocycles. The second kappa shape index (κ2) is 4.61. The molecule has 0 aromatic carbocycles. The Morgan fingerprint density at radius 1 is 1.47 bits per heavy atom. The van der Waals surface area contributed by atoms with Crippen molar-refractivity contribution in [1.29, 1.82) is 5.26 Å². The average Bonchev–Trinajstić information content (AvgIpc) is 3.04. The highest BCUT2D eigenvalue weighted by Gasteiger charge is 2.22. The van der Waals surface area contributed by atoms with E-state index in [1.54, 1.807) is 21.7 Å². The Morgan fingerprint density at radius 2 is 2.37 bits per heavy atom. The fourth-order valence-corrected chi connectivity index (χ4v) is 2.26. The first-order valence-electron chi connectivity index (χ1n) is 6.06. The Balaban J connectivity index is 1.86. The van der Waals surface area contributed by atoms with E-state index in [1.165, 1.54) is 12.5 Å². The molecular weight excluding hydrogens is 244 g/mol. The molecule has 1 aliphatic rings. The summed E-state index contributed by atoms with van der Waals surface area (Å²) in [6.45, 7) is 1.88. The Hall–Kier alpha value is -2.55. The number of aromatic nitrogens is 2. The van der Waals surface area contributed by atoms with Crippen molar-refractivity contribution in [2.75, 3.05) is 6.54 Å². The van der Waals surface area contributed by atoms with Crippen LogP contribution in [-0.4, -0.2) is 27.1 Å². The zero-order chi connectivity index (χ0) is 13.2. The van der Waals surface area contributed by atoms with E-state index in [2.05, 4.69) is 5.10 Å². The predicted octanol–water partition coefficient (Wildman–Crippen LogP) is 1.39. The van der Waals surface area contributed by atoms with Crippen LogP contribution in [0.5, 0.6) is 0 Å². The van der Waals surface area contributed by atoms with Crippen molar-refractivity contribution in [3.63, 3.8) is 0 Å². The largest absolute Gasteiger partial charge is 0.472 e. The number of aryl methyl sites for hydroxylation is 1. The van der Waals surface area contributed by atoms with Crippen molar-refractivity contribution >= 4 is 5.91 Å². The van der Waals surface area contributed by atoms with Crippen molar-refractivity contribution < 1.29 is 9.21 Å². The van der Waals surface area contributed by atoms with Gasteiger partial charge in [-0.3, -0.25) is 9.48 Å². The Bertz CT molecular complexity index is 636. The minimum Gasteiger partial charge on any atom is -0.472 e. The van der Waals surface area contributed by atoms with Crippen LogP contribution in [0, 0.1) is 11.3 Å². The van der Waals surface area contributed by atoms with E-state index in [0.29, 0.717) is 24.3 Å². The molecule has 6 heteroatoms. The lowest BCUT2D eigenvalue weighted by atomic mass is 10.2. The van der Waals surface area contributed by atoms with Gasteiger partial charge in [-0.1, -0.05) is 0 Å². The van der Waals surface area contributed by atoms with Crippen LogP contribution in [0.1, 0.15) is 28.2 Å². The lowest BCUT2D eigenvalue weighted by molar-refractivity contribution is 0.0745. The van der Waals surface area contributed by atoms with Crippen molar-refractivity contribution in [3.05, 3.63) is 41.6 Å². The van der Waals surface area contributed by atoms with Gasteiger partial charge in [-0.05, 0) is 18.6 Å². The highest BCUT2D eigenvalue weighted by atomic mass is 16.3. The van der Waals surface area contributed by atoms with Crippen LogP contribution in [0.3, 0.4) is 0 Å². The van der Waals surface area contributed by atoms with Gasteiger partial charge < -0.3 is 9.32 Å². The number of fused-ring (bicyclic) bond motifs is 1. The van der Waals surface area contributed by atoms with Gasteiger partial charge in [0.15, 0.2) is 5.69 Å². The normalized spacial score (nSPS) is 14.6. The van der Waals surface area contributed by atoms with Crippen molar-refractivity contribution in [2.45, 2.75) is 19.5 Å². The third kappa shape index (κ3) is 2.10. The van der Waals surface area contributed by atoms with E-state index in [9.17, 15) is 4.79 Å². The molecule has 1 amide bonds. The van der Waals surface area contributed by atoms with E-state index in [0.717, 1.165) is 18.7 Å². The number of hydrogen-bond acceptors (Lipinski definition) is 4. The first-order valence-corrected chi connectivity index (χ1v) is 6.06. The molecule has 19 heavy (non-hydrogen) atoms. The van der Waals surface area contributed by atoms with Crippen LogP contribution < -0.4 is 0 Å². The minimum atomic E-state index is -0.0538. The molecule has 0 aliphatic carbocycles. The fraction of sp³-hybridized carbons (Fsp3) is 0.308. The maximum atomic E-state index is 12.3. The van der Waals surface area contributed by atoms with Crippen LogP contribution in [0.2, 0.25) is 0 Å². The van der Waals surface area contributed by atoms with Gasteiger partial charge in [0.1, 0.15) is 12.3 Å². The standard InChI is InChI=1S/C13H12N4O2/c14-7-11-6-12-8-16(3-1-4-17(12)15-11)13(18)10-2-5-19-9-10/h2,5-6,9H,1,3-4,8H2. The number of furan rings is 1. The monoisotopic (exact) mass is 256 g/mol. The van der Waals surface area contributed by atoms with Crippen LogP contribution >= 0.6 is 0 Å². The summed E-state index contributed by atoms with van der Waals surface area (Å²) in [5.41, 5.74) is 1.84. The molecule has 0 spiro atoms. The second-order valence-corrected chi connectivity index (χ2v) is 4.45. The van der Waals surface area contributed by atoms with Gasteiger partial charge in [-0.25, -0.2) is 0 Å². The number of nitrogens with zero attached hydrogens (tertiary/aromatic N) is 4. The summed E-state index contributed by atoms with van der Waals surface area (Å²) in [7, 11) is 0. The number of carbonyl (C=O) groups is 1. The molecule has 0 bridgehead atoms. The highest BCUT2D eigenvalue weighted by Crippen LogP contribution is 2.16. The summed E-state index contributed by atoms with van der Waals surface area (Å²) in [6, 6.07) is 5.42. The average molecular weight is 256 g/mol. The predicted molar refractivity (Wildman–Crippen MR) is 65.0 cm³/mol. The molecule has 0 N–H and O–H groups in total. The van der Waals surface area contributed by atoms with E-state index in [1.807, 2.05) is 6.07 Å². The van der Waals surface area contributed by atoms with Crippen molar-refractivity contribution in [1.82, 2.24) is 14.7 Å². The lowest BCUT2D eigenvalue weighted by Crippen LogP contribution is -2.30. The highest BCUT2D eigenvalue weighted by molar-refractivity contribution is 5.93. The Morgan fingerprint density at radius 3 is 3.11 bits per heavy atom. The molecule has 6 nitrogen and oxygen atoms in total. The summed E-state index contributed by atoms with van der Waals surface area (Å²) in [5.74, 6) is -0.0538. The molecule has 3 rings (SSSR count). The quantitative estimate of drug-likeness (QED) is 0.772. The summed E-state index contributed by atoms with van der Waals surface area (Å²) in [6.07, 6.45) is 3.76. The number of carbonyl (C=O) groups excluding carboxylic acids is 1. The molecule has 2 aromatic heterocycles. The first-order chi connectivity index (χ1) is 9.28. The molecule has 0 saturated heterocycles. The summed E-state index contributed by atoms with van der Waals surface area (Å²) in [5, 5.41) is 13.0. The summed E-state index contributed by atoms with van der Waals surface area (Å²) < 4.78 is 6.75. The van der Waals surface area contributed by atoms with E-state index < -0.39 is 0 Å². The second-order valence-electron chi connectivity index (χ2n) is 4.45. The third-order valence-electron chi connectivity index (χ3n) is 3.18. The molecule has 0 unspecified atom stereocenters. The topological polar surface area (TPSA) is 75.1 Å². The molecule has 0 atom stereocenters. The Kier molecular flexibility index (Phi) is 2.80. The summed E-state index contributed by atoms with van der Waals surface area (Å²) in [4.78, 5) is 14.0. The van der Waals surface area contributed by atoms with E-state index in [-0.39, 0.29) is 5.91 Å². The molecular formula is C13H12N4O2. The van der Waals surface area contributed by atoms with Crippen LogP contribution in [-0.2, 0) is 13.1 Å². The lowest BCUT2D eigenvalue weighted by Gasteiger charge is -2.18. The zero-order valence-electron chi connectivity index (χ0n) is 10.2. The van der Waals surface area contributed by atoms with Gasteiger partial charge in [-0.15, -0.1) is 0 Å². The molecule has 0 fully saturated rings. The zero-order valence-corrected chi connectivity index (χ0v) is 10.2. The molecule has 2 aromatic rings. The number of amides is 1. The van der Waals surface area contributed by atoms with E-state index >= 15 is 0 Å². The van der Waals surface area contributed by atoms with Gasteiger partial charge >= 0.3 is 0 Å². The molecule has 96 valence electrons. The molecule has 0 saturated carbocycles. The fourth-order valence-electron chi connectivity index (χ4n) is 2.26. The van der Waals surface area contributed by atoms with Crippen molar-refractivity contribution in [3.8, 4) is 6.07 Å². The smallest absolute Gasteiger partial charge is 0.257 e. The maximum absolute atomic E-state index is 12.3. The number of rotatable bonds is 1. The van der Waals surface area contributed by atoms with Gasteiger partial charge in [0, 0.05) is 13.1 Å². The Labute approximate surface area is 109 Å². The van der Waals surface area contributed by atoms with E-state index in [4.69, 9.17) is 9.68 Å². The van der Waals surface area contributed by atoms with Crippen LogP contribution in [0.4, 0.5) is 0 Å². The van der Waals surface area contributed by atoms with Gasteiger partial charge in [0.25, 0.3) is 5.91 Å². The van der Waals surface area contributed by atoms with Crippen LogP contribution in [0.25, 0.3) is 0 Å². The van der Waals surface area contributed by atoms with Crippen LogP contribution in [0.15, 0.2) is 29.1 Å². The number of nitriles is 1. The minimum absolute atomic E-state index is 0.0538. The van der Waals surface area contributed by atoms with Gasteiger partial charge in [-0.2, -0.15) is 10.4 Å². The number of hydrogen-bond donors (Lipinski definition) is 0. The molecule has 0 radical (unpaired) electrons. The maximum Gasteiger partial charge on any atom is 0.257 e. The first kappa shape index (κ1) is 11.5. The van der Waals surface area contributed by atoms with Gasteiger partial charge in [0.2, 0.25) is 0 Å². The van der Waals surface area contributed by atoms with Gasteiger partial charge in [0.05, 0.1) is 24.1 Å². The van der Waals surface area contributed by atoms with Crippen molar-refractivity contribution in [2.24, 2.45) is 0 Å². The third-order valence-corrected chi connectivity index (χ3v) is 3.18. The summed E-state index contributed by atoms with van der Waals surface area (Å²) >= 11 is 0. The molecule has 3 heterocycles.